The number of aryl methyl sites for hydroxylation is 1. The Morgan fingerprint density at radius 3 is 2.69 bits per heavy atom. The van der Waals surface area contributed by atoms with Crippen LogP contribution in [0.1, 0.15) is 17.5 Å². The van der Waals surface area contributed by atoms with Crippen LogP contribution in [0.2, 0.25) is 0 Å². The molecule has 1 amide bonds. The Balaban J connectivity index is 2.43. The highest BCUT2D eigenvalue weighted by Crippen LogP contribution is 2.33. The van der Waals surface area contributed by atoms with Crippen molar-refractivity contribution in [3.8, 4) is 0 Å². The van der Waals surface area contributed by atoms with Crippen LogP contribution in [0.5, 0.6) is 0 Å². The van der Waals surface area contributed by atoms with Gasteiger partial charge >= 0.3 is 0 Å². The van der Waals surface area contributed by atoms with Gasteiger partial charge in [0, 0.05) is 13.1 Å². The lowest BCUT2D eigenvalue weighted by molar-refractivity contribution is -0.116. The fourth-order valence-electron chi connectivity index (χ4n) is 1.88. The van der Waals surface area contributed by atoms with Crippen molar-refractivity contribution in [1.82, 2.24) is 5.32 Å². The second-order valence-electron chi connectivity index (χ2n) is 3.71. The van der Waals surface area contributed by atoms with Crippen molar-refractivity contribution >= 4 is 11.5 Å². The van der Waals surface area contributed by atoms with E-state index in [-0.39, 0.29) is 5.91 Å². The first kappa shape index (κ1) is 10.8. The van der Waals surface area contributed by atoms with Crippen LogP contribution in [-0.4, -0.2) is 13.0 Å². The molecule has 1 aliphatic rings. The number of halogens is 2. The number of allylic oxidation sites excluding steroid dienone is 1. The molecule has 0 atom stereocenters. The van der Waals surface area contributed by atoms with Gasteiger partial charge in [-0.05, 0) is 41.7 Å². The molecule has 2 nitrogen and oxygen atoms in total. The first-order chi connectivity index (χ1) is 7.61. The third-order valence-corrected chi connectivity index (χ3v) is 2.71. The van der Waals surface area contributed by atoms with Crippen molar-refractivity contribution in [2.24, 2.45) is 0 Å². The van der Waals surface area contributed by atoms with Crippen molar-refractivity contribution in [3.05, 3.63) is 41.0 Å². The molecular weight excluding hydrogens is 212 g/mol. The Morgan fingerprint density at radius 2 is 2.00 bits per heavy atom. The zero-order chi connectivity index (χ0) is 11.7. The molecule has 0 aliphatic heterocycles. The molecule has 1 aromatic carbocycles. The molecule has 84 valence electrons. The van der Waals surface area contributed by atoms with Gasteiger partial charge in [-0.15, -0.1) is 0 Å². The molecule has 0 unspecified atom stereocenters. The molecule has 0 spiro atoms. The van der Waals surface area contributed by atoms with E-state index in [2.05, 4.69) is 5.32 Å². The lowest BCUT2D eigenvalue weighted by Gasteiger charge is -2.02. The van der Waals surface area contributed by atoms with Gasteiger partial charge in [0.1, 0.15) is 0 Å². The molecule has 0 fully saturated rings. The van der Waals surface area contributed by atoms with Crippen molar-refractivity contribution in [2.45, 2.75) is 12.8 Å². The third kappa shape index (κ3) is 1.83. The maximum atomic E-state index is 13.1. The number of hydrogen-bond donors (Lipinski definition) is 1. The van der Waals surface area contributed by atoms with Crippen LogP contribution in [-0.2, 0) is 11.2 Å². The molecular formula is C12H11F2NO. The van der Waals surface area contributed by atoms with Crippen LogP contribution in [0.4, 0.5) is 8.78 Å². The van der Waals surface area contributed by atoms with E-state index in [4.69, 9.17) is 0 Å². The Bertz CT molecular complexity index is 480. The van der Waals surface area contributed by atoms with E-state index in [9.17, 15) is 13.6 Å². The predicted octanol–water partition coefficient (Wildman–Crippen LogP) is 2.04. The van der Waals surface area contributed by atoms with Crippen LogP contribution in [0, 0.1) is 11.6 Å². The molecule has 0 radical (unpaired) electrons. The van der Waals surface area contributed by atoms with Crippen LogP contribution in [0.25, 0.3) is 5.57 Å². The Morgan fingerprint density at radius 1 is 1.31 bits per heavy atom. The molecule has 0 saturated carbocycles. The average Bonchev–Trinajstić information content (AvgIpc) is 2.62. The number of rotatable bonds is 1. The van der Waals surface area contributed by atoms with E-state index < -0.39 is 11.6 Å². The van der Waals surface area contributed by atoms with Gasteiger partial charge in [0.2, 0.25) is 5.91 Å². The van der Waals surface area contributed by atoms with E-state index >= 15 is 0 Å². The summed E-state index contributed by atoms with van der Waals surface area (Å²) in [5.74, 6) is -1.93. The first-order valence-corrected chi connectivity index (χ1v) is 5.02. The lowest BCUT2D eigenvalue weighted by atomic mass is 10.1. The monoisotopic (exact) mass is 223 g/mol. The van der Waals surface area contributed by atoms with Crippen molar-refractivity contribution in [3.63, 3.8) is 0 Å². The first-order valence-electron chi connectivity index (χ1n) is 5.02. The normalized spacial score (nSPS) is 16.3. The summed E-state index contributed by atoms with van der Waals surface area (Å²) in [6.07, 6.45) is 2.73. The Hall–Kier alpha value is -1.71. The highest BCUT2D eigenvalue weighted by atomic mass is 19.2. The summed E-state index contributed by atoms with van der Waals surface area (Å²) < 4.78 is 26.0. The van der Waals surface area contributed by atoms with Crippen LogP contribution in [0.3, 0.4) is 0 Å². The highest BCUT2D eigenvalue weighted by molar-refractivity contribution is 5.96. The quantitative estimate of drug-likeness (QED) is 0.725. The van der Waals surface area contributed by atoms with Gasteiger partial charge in [-0.1, -0.05) is 0 Å². The van der Waals surface area contributed by atoms with Crippen molar-refractivity contribution < 1.29 is 13.6 Å². The number of nitrogens with one attached hydrogen (secondary N) is 1. The third-order valence-electron chi connectivity index (χ3n) is 2.71. The number of amides is 1. The fraction of sp³-hybridized carbons (Fsp3) is 0.250. The zero-order valence-corrected chi connectivity index (χ0v) is 8.81. The van der Waals surface area contributed by atoms with E-state index in [1.807, 2.05) is 0 Å². The molecule has 4 heteroatoms. The van der Waals surface area contributed by atoms with Gasteiger partial charge in [-0.3, -0.25) is 4.79 Å². The standard InChI is InChI=1S/C12H11F2NO/c1-15-12(16)5-8-3-2-7-4-10(13)11(14)6-9(7)8/h4-6H,2-3H2,1H3,(H,15,16)/b8-5-. The van der Waals surface area contributed by atoms with Crippen molar-refractivity contribution in [2.75, 3.05) is 7.05 Å². The lowest BCUT2D eigenvalue weighted by Crippen LogP contribution is -2.14. The number of carbonyl (C=O) groups excluding carboxylic acids is 1. The topological polar surface area (TPSA) is 29.1 Å². The van der Waals surface area contributed by atoms with Crippen LogP contribution < -0.4 is 5.32 Å². The summed E-state index contributed by atoms with van der Waals surface area (Å²) >= 11 is 0. The van der Waals surface area contributed by atoms with E-state index in [1.165, 1.54) is 19.2 Å². The maximum absolute atomic E-state index is 13.1. The zero-order valence-electron chi connectivity index (χ0n) is 8.81. The van der Waals surface area contributed by atoms with Gasteiger partial charge < -0.3 is 5.32 Å². The summed E-state index contributed by atoms with van der Waals surface area (Å²) in [5, 5.41) is 2.47. The number of fused-ring (bicyclic) bond motifs is 1. The second kappa shape index (κ2) is 4.04. The summed E-state index contributed by atoms with van der Waals surface area (Å²) in [5.41, 5.74) is 2.16. The molecule has 0 aromatic heterocycles. The Labute approximate surface area is 92.0 Å². The molecule has 1 N–H and O–H groups in total. The molecule has 0 bridgehead atoms. The number of hydrogen-bond acceptors (Lipinski definition) is 1. The van der Waals surface area contributed by atoms with E-state index in [0.29, 0.717) is 18.4 Å². The average molecular weight is 223 g/mol. The van der Waals surface area contributed by atoms with E-state index in [0.717, 1.165) is 17.2 Å². The summed E-state index contributed by atoms with van der Waals surface area (Å²) in [6.45, 7) is 0. The minimum Gasteiger partial charge on any atom is -0.356 e. The minimum absolute atomic E-state index is 0.229. The Kier molecular flexibility index (Phi) is 2.73. The highest BCUT2D eigenvalue weighted by Gasteiger charge is 2.19. The molecule has 16 heavy (non-hydrogen) atoms. The smallest absolute Gasteiger partial charge is 0.244 e. The van der Waals surface area contributed by atoms with Crippen LogP contribution >= 0.6 is 0 Å². The van der Waals surface area contributed by atoms with E-state index in [1.54, 1.807) is 0 Å². The molecule has 0 heterocycles. The fourth-order valence-corrected chi connectivity index (χ4v) is 1.88. The predicted molar refractivity (Wildman–Crippen MR) is 56.7 cm³/mol. The maximum Gasteiger partial charge on any atom is 0.244 e. The summed E-state index contributed by atoms with van der Waals surface area (Å²) in [6, 6.07) is 2.36. The van der Waals surface area contributed by atoms with Gasteiger partial charge in [-0.2, -0.15) is 0 Å². The SMILES string of the molecule is CNC(=O)/C=C1/CCc2cc(F)c(F)cc21. The van der Waals surface area contributed by atoms with Gasteiger partial charge in [0.05, 0.1) is 0 Å². The molecule has 1 aliphatic carbocycles. The number of carbonyl (C=O) groups is 1. The summed E-state index contributed by atoms with van der Waals surface area (Å²) in [4.78, 5) is 11.2. The molecule has 1 aromatic rings. The van der Waals surface area contributed by atoms with Gasteiger partial charge in [-0.25, -0.2) is 8.78 Å². The molecule has 0 saturated heterocycles. The number of benzene rings is 1. The van der Waals surface area contributed by atoms with Gasteiger partial charge in [0.15, 0.2) is 11.6 Å². The summed E-state index contributed by atoms with van der Waals surface area (Å²) in [7, 11) is 1.53. The second-order valence-corrected chi connectivity index (χ2v) is 3.71. The van der Waals surface area contributed by atoms with Crippen LogP contribution in [0.15, 0.2) is 18.2 Å². The van der Waals surface area contributed by atoms with Crippen molar-refractivity contribution in [1.29, 1.82) is 0 Å². The molecule has 2 rings (SSSR count). The minimum atomic E-state index is -0.872. The van der Waals surface area contributed by atoms with Gasteiger partial charge in [0.25, 0.3) is 0 Å². The largest absolute Gasteiger partial charge is 0.356 e. The number of likely N-dealkylation sites (N-methyl/N-ethyl adjacent to an activating group) is 1.